The van der Waals surface area contributed by atoms with Gasteiger partial charge in [-0.2, -0.15) is 13.2 Å². The van der Waals surface area contributed by atoms with Gasteiger partial charge < -0.3 is 20.5 Å². The lowest BCUT2D eigenvalue weighted by molar-refractivity contribution is -0.131. The minimum Gasteiger partial charge on any atom is -0.504 e. The van der Waals surface area contributed by atoms with Crippen molar-refractivity contribution >= 4 is 17.2 Å². The van der Waals surface area contributed by atoms with Gasteiger partial charge in [-0.25, -0.2) is 9.50 Å². The number of nitrogens with one attached hydrogen (secondary N) is 2. The molecule has 11 heteroatoms. The zero-order valence-electron chi connectivity index (χ0n) is 22.3. The highest BCUT2D eigenvalue weighted by Gasteiger charge is 2.27. The van der Waals surface area contributed by atoms with Crippen molar-refractivity contribution < 1.29 is 27.8 Å². The van der Waals surface area contributed by atoms with E-state index in [2.05, 4.69) is 20.7 Å². The third-order valence-corrected chi connectivity index (χ3v) is 6.72. The van der Waals surface area contributed by atoms with Gasteiger partial charge in [0.15, 0.2) is 17.1 Å². The van der Waals surface area contributed by atoms with Crippen LogP contribution in [0.15, 0.2) is 48.7 Å². The summed E-state index contributed by atoms with van der Waals surface area (Å²) in [5.74, 6) is 0.0967. The molecule has 1 amide bonds. The predicted octanol–water partition coefficient (Wildman–Crippen LogP) is 6.58. The second-order valence-electron chi connectivity index (χ2n) is 10.3. The van der Waals surface area contributed by atoms with E-state index in [1.165, 1.54) is 10.6 Å². The fourth-order valence-electron chi connectivity index (χ4n) is 4.43. The molecule has 210 valence electrons. The molecule has 2 aromatic carbocycles. The second-order valence-corrected chi connectivity index (χ2v) is 10.3. The smallest absolute Gasteiger partial charge is 0.390 e. The number of carbonyl (C=O) groups is 1. The van der Waals surface area contributed by atoms with Gasteiger partial charge in [-0.15, -0.1) is 5.10 Å². The monoisotopic (exact) mass is 553 g/mol. The van der Waals surface area contributed by atoms with Gasteiger partial charge in [0.1, 0.15) is 0 Å². The first-order valence-electron chi connectivity index (χ1n) is 13.1. The van der Waals surface area contributed by atoms with Gasteiger partial charge in [-0.1, -0.05) is 32.0 Å². The number of nitrogens with zero attached hydrogens (tertiary/aromatic N) is 3. The minimum absolute atomic E-state index is 0.0347. The predicted molar refractivity (Wildman–Crippen MR) is 145 cm³/mol. The van der Waals surface area contributed by atoms with Crippen LogP contribution in [-0.2, 0) is 0 Å². The quantitative estimate of drug-likeness (QED) is 0.216. The summed E-state index contributed by atoms with van der Waals surface area (Å²) in [5, 5.41) is 21.1. The summed E-state index contributed by atoms with van der Waals surface area (Å²) < 4.78 is 46.0. The molecule has 1 fully saturated rings. The first-order valence-corrected chi connectivity index (χ1v) is 13.1. The van der Waals surface area contributed by atoms with Crippen molar-refractivity contribution in [3.05, 3.63) is 65.4 Å². The summed E-state index contributed by atoms with van der Waals surface area (Å²) in [6.07, 6.45) is -1.83. The number of hydrogen-bond acceptors (Lipinski definition) is 6. The third-order valence-electron chi connectivity index (χ3n) is 6.72. The number of phenolic OH excluding ortho intramolecular Hbond substituents is 1. The number of carbonyl (C=O) groups excluding carboxylic acids is 1. The van der Waals surface area contributed by atoms with Crippen molar-refractivity contribution in [2.45, 2.75) is 58.2 Å². The van der Waals surface area contributed by atoms with E-state index in [1.807, 2.05) is 26.8 Å². The van der Waals surface area contributed by atoms with Crippen LogP contribution in [0.2, 0.25) is 0 Å². The molecule has 0 spiro atoms. The number of para-hydroxylation sites is 1. The maximum Gasteiger partial charge on any atom is 0.390 e. The molecule has 1 aliphatic rings. The van der Waals surface area contributed by atoms with Gasteiger partial charge >= 0.3 is 6.18 Å². The number of aromatic nitrogens is 3. The molecular formula is C29H30F3N5O3. The number of imidazole rings is 1. The highest BCUT2D eigenvalue weighted by molar-refractivity contribution is 5.96. The van der Waals surface area contributed by atoms with Crippen molar-refractivity contribution in [2.75, 3.05) is 11.9 Å². The lowest BCUT2D eigenvalue weighted by atomic mass is 10.0. The number of alkyl halides is 3. The molecule has 3 N–H and O–H groups in total. The topological polar surface area (TPSA) is 101 Å². The number of ether oxygens (including phenoxy) is 1. The van der Waals surface area contributed by atoms with Crippen LogP contribution in [0.25, 0.3) is 16.9 Å². The molecule has 2 heterocycles. The van der Waals surface area contributed by atoms with Crippen molar-refractivity contribution in [1.29, 1.82) is 0 Å². The zero-order chi connectivity index (χ0) is 28.6. The van der Waals surface area contributed by atoms with Crippen LogP contribution in [0, 0.1) is 6.92 Å². The number of fused-ring (bicyclic) bond motifs is 1. The van der Waals surface area contributed by atoms with Gasteiger partial charge in [0.25, 0.3) is 5.91 Å². The van der Waals surface area contributed by atoms with E-state index in [-0.39, 0.29) is 47.5 Å². The first-order chi connectivity index (χ1) is 19.0. The fraction of sp³-hybridized carbons (Fsp3) is 0.345. The Morgan fingerprint density at radius 3 is 2.65 bits per heavy atom. The van der Waals surface area contributed by atoms with Gasteiger partial charge in [-0.3, -0.25) is 4.79 Å². The van der Waals surface area contributed by atoms with Crippen LogP contribution in [0.5, 0.6) is 17.4 Å². The number of hydrogen-bond donors (Lipinski definition) is 3. The molecule has 4 aromatic rings. The summed E-state index contributed by atoms with van der Waals surface area (Å²) in [5.41, 5.74) is 3.87. The molecule has 0 radical (unpaired) electrons. The number of aromatic hydroxyl groups is 1. The summed E-state index contributed by atoms with van der Waals surface area (Å²) in [4.78, 5) is 17.0. The van der Waals surface area contributed by atoms with Crippen molar-refractivity contribution in [1.82, 2.24) is 19.9 Å². The van der Waals surface area contributed by atoms with Gasteiger partial charge in [0, 0.05) is 35.3 Å². The Labute approximate surface area is 229 Å². The van der Waals surface area contributed by atoms with Crippen LogP contribution >= 0.6 is 0 Å². The number of aryl methyl sites for hydroxylation is 1. The Morgan fingerprint density at radius 2 is 1.98 bits per heavy atom. The van der Waals surface area contributed by atoms with Crippen molar-refractivity contribution in [3.63, 3.8) is 0 Å². The van der Waals surface area contributed by atoms with Crippen molar-refractivity contribution in [2.24, 2.45) is 0 Å². The Bertz CT molecular complexity index is 1560. The standard InChI is InChI=1S/C29H30F3N5O3/c1-16(2)20-5-4-6-24(26(20)38)40-25-14-22(33-12-11-29(30,31)32)27-34-15-23(37(27)36-25)18-7-10-21(17(3)13-18)28(39)35-19-8-9-19/h4-7,10,13-16,19,33,38H,8-9,11-12H2,1-3H3,(H,35,39). The maximum atomic E-state index is 12.9. The maximum absolute atomic E-state index is 12.9. The molecule has 8 nitrogen and oxygen atoms in total. The molecule has 2 aromatic heterocycles. The van der Waals surface area contributed by atoms with Gasteiger partial charge in [0.05, 0.1) is 24.0 Å². The van der Waals surface area contributed by atoms with Crippen LogP contribution in [0.4, 0.5) is 18.9 Å². The molecule has 0 saturated heterocycles. The Hall–Kier alpha value is -4.28. The Morgan fingerprint density at radius 1 is 1.20 bits per heavy atom. The van der Waals surface area contributed by atoms with Crippen molar-refractivity contribution in [3.8, 4) is 28.6 Å². The van der Waals surface area contributed by atoms with E-state index in [9.17, 15) is 23.1 Å². The molecular weight excluding hydrogens is 523 g/mol. The number of rotatable bonds is 9. The Balaban J connectivity index is 1.53. The molecule has 0 bridgehead atoms. The third kappa shape index (κ3) is 5.98. The summed E-state index contributed by atoms with van der Waals surface area (Å²) in [7, 11) is 0. The fourth-order valence-corrected chi connectivity index (χ4v) is 4.43. The molecule has 1 aliphatic carbocycles. The second kappa shape index (κ2) is 10.7. The molecule has 0 aliphatic heterocycles. The largest absolute Gasteiger partial charge is 0.504 e. The van der Waals surface area contributed by atoms with Crippen LogP contribution in [0.1, 0.15) is 60.5 Å². The van der Waals surface area contributed by atoms with E-state index in [1.54, 1.807) is 36.5 Å². The number of benzene rings is 2. The number of phenols is 1. The normalized spacial score (nSPS) is 13.6. The highest BCUT2D eigenvalue weighted by Crippen LogP contribution is 2.38. The summed E-state index contributed by atoms with van der Waals surface area (Å²) in [6.45, 7) is 5.34. The Kier molecular flexibility index (Phi) is 7.31. The molecule has 5 rings (SSSR count). The average Bonchev–Trinajstić information content (AvgIpc) is 3.59. The number of amides is 1. The lowest BCUT2D eigenvalue weighted by Crippen LogP contribution is -2.26. The van der Waals surface area contributed by atoms with Gasteiger partial charge in [0.2, 0.25) is 5.88 Å². The first kappa shape index (κ1) is 27.3. The van der Waals surface area contributed by atoms with E-state index in [0.29, 0.717) is 28.0 Å². The number of anilines is 1. The molecule has 0 unspecified atom stereocenters. The lowest BCUT2D eigenvalue weighted by Gasteiger charge is -2.15. The van der Waals surface area contributed by atoms with Crippen LogP contribution in [0.3, 0.4) is 0 Å². The summed E-state index contributed by atoms with van der Waals surface area (Å²) >= 11 is 0. The van der Waals surface area contributed by atoms with Gasteiger partial charge in [-0.05, 0) is 49.4 Å². The summed E-state index contributed by atoms with van der Waals surface area (Å²) in [6, 6.07) is 12.2. The average molecular weight is 554 g/mol. The van der Waals surface area contributed by atoms with E-state index >= 15 is 0 Å². The van der Waals surface area contributed by atoms with E-state index in [0.717, 1.165) is 18.4 Å². The molecule has 1 saturated carbocycles. The van der Waals surface area contributed by atoms with Crippen LogP contribution in [-0.4, -0.2) is 44.4 Å². The molecule has 0 atom stereocenters. The molecule has 40 heavy (non-hydrogen) atoms. The van der Waals surface area contributed by atoms with E-state index < -0.39 is 12.6 Å². The zero-order valence-corrected chi connectivity index (χ0v) is 22.3. The van der Waals surface area contributed by atoms with E-state index in [4.69, 9.17) is 4.74 Å². The number of halogens is 3. The van der Waals surface area contributed by atoms with Crippen LogP contribution < -0.4 is 15.4 Å². The SMILES string of the molecule is Cc1cc(-c2cnc3c(NCCC(F)(F)F)cc(Oc4cccc(C(C)C)c4O)nn23)ccc1C(=O)NC1CC1. The minimum atomic E-state index is -4.33. The highest BCUT2D eigenvalue weighted by atomic mass is 19.4.